The molecule has 148 valence electrons. The number of rotatable bonds is 8. The number of benzene rings is 1. The van der Waals surface area contributed by atoms with Crippen molar-refractivity contribution in [1.29, 1.82) is 0 Å². The molecule has 0 bridgehead atoms. The van der Waals surface area contributed by atoms with Gasteiger partial charge in [-0.2, -0.15) is 0 Å². The van der Waals surface area contributed by atoms with E-state index >= 15 is 0 Å². The maximum Gasteiger partial charge on any atom is 0.355 e. The molecule has 0 amide bonds. The smallest absolute Gasteiger partial charge is 0.355 e. The molecule has 1 fully saturated rings. The second-order valence-corrected chi connectivity index (χ2v) is 7.49. The molecule has 1 saturated carbocycles. The molecule has 0 saturated heterocycles. The van der Waals surface area contributed by atoms with Crippen molar-refractivity contribution in [3.63, 3.8) is 0 Å². The van der Waals surface area contributed by atoms with Gasteiger partial charge in [-0.05, 0) is 68.2 Å². The van der Waals surface area contributed by atoms with Gasteiger partial charge in [-0.1, -0.05) is 24.6 Å². The van der Waals surface area contributed by atoms with Crippen LogP contribution in [0.4, 0.5) is 0 Å². The Bertz CT molecular complexity index is 825. The molecule has 5 nitrogen and oxygen atoms in total. The number of carbonyl (C=O) groups is 2. The molecule has 0 unspecified atom stereocenters. The second kappa shape index (κ2) is 9.49. The van der Waals surface area contributed by atoms with Gasteiger partial charge in [0.15, 0.2) is 5.69 Å². The summed E-state index contributed by atoms with van der Waals surface area (Å²) in [5.74, 6) is 0.470. The molecule has 28 heavy (non-hydrogen) atoms. The van der Waals surface area contributed by atoms with Crippen LogP contribution >= 0.6 is 0 Å². The first-order chi connectivity index (χ1) is 13.6. The van der Waals surface area contributed by atoms with Crippen LogP contribution < -0.4 is 4.74 Å². The Morgan fingerprint density at radius 3 is 2.64 bits per heavy atom. The molecular formula is C23H27NO4. The Morgan fingerprint density at radius 2 is 1.93 bits per heavy atom. The van der Waals surface area contributed by atoms with Crippen molar-refractivity contribution in [3.8, 4) is 16.9 Å². The van der Waals surface area contributed by atoms with Crippen LogP contribution in [0, 0.1) is 12.8 Å². The molecule has 0 atom stereocenters. The highest BCUT2D eigenvalue weighted by Crippen LogP contribution is 2.35. The third kappa shape index (κ3) is 4.77. The first kappa shape index (κ1) is 20.1. The minimum Gasteiger partial charge on any atom is -0.490 e. The van der Waals surface area contributed by atoms with Crippen LogP contribution in [0.1, 0.15) is 61.0 Å². The van der Waals surface area contributed by atoms with Gasteiger partial charge in [0.05, 0.1) is 6.10 Å². The zero-order valence-corrected chi connectivity index (χ0v) is 16.3. The maximum absolute atomic E-state index is 11.5. The summed E-state index contributed by atoms with van der Waals surface area (Å²) >= 11 is 0. The van der Waals surface area contributed by atoms with E-state index < -0.39 is 5.97 Å². The maximum atomic E-state index is 11.5. The second-order valence-electron chi connectivity index (χ2n) is 7.49. The summed E-state index contributed by atoms with van der Waals surface area (Å²) in [4.78, 5) is 26.0. The van der Waals surface area contributed by atoms with Crippen molar-refractivity contribution in [2.75, 3.05) is 0 Å². The summed E-state index contributed by atoms with van der Waals surface area (Å²) in [5, 5.41) is 9.44. The molecule has 1 aliphatic carbocycles. The van der Waals surface area contributed by atoms with E-state index in [9.17, 15) is 14.7 Å². The fraction of sp³-hybridized carbons (Fsp3) is 0.435. The standard InChI is InChI=1S/C23H27NO4/c1-16-19(20-8-5-14-24-22(20)23(26)27)7-4-9-21(16)28-18-12-10-17(11-13-18)6-2-3-15-25/h4-5,7-9,14-15,17-18H,2-3,6,10-13H2,1H3,(H,26,27). The van der Waals surface area contributed by atoms with Gasteiger partial charge in [-0.15, -0.1) is 0 Å². The van der Waals surface area contributed by atoms with Crippen LogP contribution in [0.15, 0.2) is 36.5 Å². The number of aldehydes is 1. The van der Waals surface area contributed by atoms with Crippen molar-refractivity contribution >= 4 is 12.3 Å². The van der Waals surface area contributed by atoms with Gasteiger partial charge in [0.25, 0.3) is 0 Å². The van der Waals surface area contributed by atoms with E-state index in [1.807, 2.05) is 25.1 Å². The molecule has 5 heteroatoms. The van der Waals surface area contributed by atoms with Gasteiger partial charge < -0.3 is 14.6 Å². The number of carboxylic acid groups (broad SMARTS) is 1. The van der Waals surface area contributed by atoms with Crippen LogP contribution in [0.5, 0.6) is 5.75 Å². The zero-order chi connectivity index (χ0) is 19.9. The number of nitrogens with zero attached hydrogens (tertiary/aromatic N) is 1. The first-order valence-electron chi connectivity index (χ1n) is 9.98. The number of hydrogen-bond acceptors (Lipinski definition) is 4. The molecule has 0 spiro atoms. The Balaban J connectivity index is 1.70. The van der Waals surface area contributed by atoms with E-state index in [4.69, 9.17) is 4.74 Å². The van der Waals surface area contributed by atoms with Gasteiger partial charge in [0.1, 0.15) is 12.0 Å². The number of carbonyl (C=O) groups excluding carboxylic acids is 1. The highest BCUT2D eigenvalue weighted by Gasteiger charge is 2.23. The van der Waals surface area contributed by atoms with Crippen molar-refractivity contribution in [2.45, 2.75) is 58.0 Å². The van der Waals surface area contributed by atoms with Crippen LogP contribution in [0.25, 0.3) is 11.1 Å². The molecule has 1 N–H and O–H groups in total. The zero-order valence-electron chi connectivity index (χ0n) is 16.3. The highest BCUT2D eigenvalue weighted by atomic mass is 16.5. The summed E-state index contributed by atoms with van der Waals surface area (Å²) < 4.78 is 6.30. The number of pyridine rings is 1. The Kier molecular flexibility index (Phi) is 6.80. The molecule has 1 heterocycles. The summed E-state index contributed by atoms with van der Waals surface area (Å²) in [7, 11) is 0. The van der Waals surface area contributed by atoms with Crippen molar-refractivity contribution in [2.24, 2.45) is 5.92 Å². The predicted molar refractivity (Wildman–Crippen MR) is 108 cm³/mol. The largest absolute Gasteiger partial charge is 0.490 e. The van der Waals surface area contributed by atoms with Crippen molar-refractivity contribution in [1.82, 2.24) is 4.98 Å². The number of aromatic carboxylic acids is 1. The Labute approximate surface area is 165 Å². The summed E-state index contributed by atoms with van der Waals surface area (Å²) in [6.45, 7) is 1.97. The van der Waals surface area contributed by atoms with Crippen LogP contribution in [-0.4, -0.2) is 28.4 Å². The van der Waals surface area contributed by atoms with Gasteiger partial charge in [0.2, 0.25) is 0 Å². The molecule has 1 aliphatic rings. The number of unbranched alkanes of at least 4 members (excludes halogenated alkanes) is 1. The number of ether oxygens (including phenoxy) is 1. The highest BCUT2D eigenvalue weighted by molar-refractivity contribution is 5.94. The Hall–Kier alpha value is -2.69. The third-order valence-electron chi connectivity index (χ3n) is 5.61. The van der Waals surface area contributed by atoms with Crippen molar-refractivity contribution in [3.05, 3.63) is 47.8 Å². The summed E-state index contributed by atoms with van der Waals surface area (Å²) in [6.07, 6.45) is 9.75. The van der Waals surface area contributed by atoms with E-state index in [0.29, 0.717) is 17.9 Å². The average Bonchev–Trinajstić information content (AvgIpc) is 2.71. The van der Waals surface area contributed by atoms with E-state index in [1.54, 1.807) is 12.1 Å². The third-order valence-corrected chi connectivity index (χ3v) is 5.61. The lowest BCUT2D eigenvalue weighted by molar-refractivity contribution is -0.108. The number of aromatic nitrogens is 1. The molecule has 0 radical (unpaired) electrons. The molecule has 1 aromatic heterocycles. The number of hydrogen-bond donors (Lipinski definition) is 1. The lowest BCUT2D eigenvalue weighted by Crippen LogP contribution is -2.24. The summed E-state index contributed by atoms with van der Waals surface area (Å²) in [5.41, 5.74) is 2.44. The topological polar surface area (TPSA) is 76.5 Å². The Morgan fingerprint density at radius 1 is 1.18 bits per heavy atom. The monoisotopic (exact) mass is 381 g/mol. The van der Waals surface area contributed by atoms with E-state index in [0.717, 1.165) is 61.7 Å². The lowest BCUT2D eigenvalue weighted by atomic mass is 9.84. The van der Waals surface area contributed by atoms with Gasteiger partial charge >= 0.3 is 5.97 Å². The molecule has 1 aromatic carbocycles. The normalized spacial score (nSPS) is 19.2. The first-order valence-corrected chi connectivity index (χ1v) is 9.98. The van der Waals surface area contributed by atoms with Gasteiger partial charge in [0, 0.05) is 18.2 Å². The van der Waals surface area contributed by atoms with E-state index in [1.165, 1.54) is 6.20 Å². The van der Waals surface area contributed by atoms with E-state index in [2.05, 4.69) is 4.98 Å². The SMILES string of the molecule is Cc1c(OC2CCC(CCCC=O)CC2)cccc1-c1cccnc1C(=O)O. The van der Waals surface area contributed by atoms with Gasteiger partial charge in [-0.25, -0.2) is 9.78 Å². The van der Waals surface area contributed by atoms with Crippen LogP contribution in [0.3, 0.4) is 0 Å². The molecule has 3 rings (SSSR count). The summed E-state index contributed by atoms with van der Waals surface area (Å²) in [6, 6.07) is 9.30. The molecule has 0 aliphatic heterocycles. The predicted octanol–water partition coefficient (Wildman–Crippen LogP) is 5.06. The fourth-order valence-corrected chi connectivity index (χ4v) is 4.03. The number of carboxylic acids is 1. The molecule has 2 aromatic rings. The van der Waals surface area contributed by atoms with Crippen LogP contribution in [0.2, 0.25) is 0 Å². The van der Waals surface area contributed by atoms with Gasteiger partial charge in [-0.3, -0.25) is 0 Å². The lowest BCUT2D eigenvalue weighted by Gasteiger charge is -2.29. The van der Waals surface area contributed by atoms with Crippen LogP contribution in [-0.2, 0) is 4.79 Å². The minimum atomic E-state index is -1.03. The fourth-order valence-electron chi connectivity index (χ4n) is 4.03. The van der Waals surface area contributed by atoms with Crippen molar-refractivity contribution < 1.29 is 19.4 Å². The average molecular weight is 381 g/mol. The quantitative estimate of drug-likeness (QED) is 0.511. The minimum absolute atomic E-state index is 0.0542. The van der Waals surface area contributed by atoms with E-state index in [-0.39, 0.29) is 11.8 Å². The molecular weight excluding hydrogens is 354 g/mol.